The van der Waals surface area contributed by atoms with Crippen LogP contribution >= 0.6 is 0 Å². The molecule has 0 saturated heterocycles. The van der Waals surface area contributed by atoms with Crippen LogP contribution < -0.4 is 5.32 Å². The highest BCUT2D eigenvalue weighted by Gasteiger charge is 2.26. The molecule has 0 bridgehead atoms. The Hall–Kier alpha value is -1.10. The van der Waals surface area contributed by atoms with Gasteiger partial charge in [0, 0.05) is 13.2 Å². The van der Waals surface area contributed by atoms with Crippen molar-refractivity contribution in [2.45, 2.75) is 39.3 Å². The van der Waals surface area contributed by atoms with E-state index in [1.807, 2.05) is 27.7 Å². The molecule has 80 valence electrons. The second-order valence-corrected chi connectivity index (χ2v) is 3.94. The lowest BCUT2D eigenvalue weighted by molar-refractivity contribution is 0.00973. The Labute approximate surface area is 83.8 Å². The fraction of sp³-hybridized carbons (Fsp3) is 0.778. The number of nitrogens with one attached hydrogen (secondary N) is 1. The highest BCUT2D eigenvalue weighted by molar-refractivity contribution is 5.20. The molecule has 0 radical (unpaired) electrons. The van der Waals surface area contributed by atoms with Gasteiger partial charge < -0.3 is 14.6 Å². The lowest BCUT2D eigenvalue weighted by Gasteiger charge is -2.17. The van der Waals surface area contributed by atoms with Crippen molar-refractivity contribution in [3.05, 3.63) is 5.82 Å². The molecule has 0 fully saturated rings. The predicted octanol–water partition coefficient (Wildman–Crippen LogP) is 1.77. The van der Waals surface area contributed by atoms with Gasteiger partial charge in [-0.05, 0) is 27.7 Å². The second kappa shape index (κ2) is 3.96. The van der Waals surface area contributed by atoms with Gasteiger partial charge in [-0.3, -0.25) is 0 Å². The summed E-state index contributed by atoms with van der Waals surface area (Å²) in [6.07, 6.45) is 0. The Balaban J connectivity index is 2.77. The van der Waals surface area contributed by atoms with E-state index in [1.54, 1.807) is 7.11 Å². The molecule has 1 N–H and O–H groups in total. The Morgan fingerprint density at radius 2 is 2.07 bits per heavy atom. The summed E-state index contributed by atoms with van der Waals surface area (Å²) in [7, 11) is 1.62. The van der Waals surface area contributed by atoms with Crippen LogP contribution in [0, 0.1) is 0 Å². The molecule has 1 heterocycles. The molecule has 0 aromatic carbocycles. The first-order chi connectivity index (χ1) is 6.45. The van der Waals surface area contributed by atoms with Crippen LogP contribution in [-0.4, -0.2) is 23.3 Å². The van der Waals surface area contributed by atoms with E-state index >= 15 is 0 Å². The number of nitrogens with zero attached hydrogens (tertiary/aromatic N) is 2. The predicted molar refractivity (Wildman–Crippen MR) is 53.1 cm³/mol. The van der Waals surface area contributed by atoms with E-state index < -0.39 is 5.60 Å². The molecule has 0 amide bonds. The van der Waals surface area contributed by atoms with Crippen LogP contribution in [0.2, 0.25) is 0 Å². The average molecular weight is 199 g/mol. The summed E-state index contributed by atoms with van der Waals surface area (Å²) in [5, 5.41) is 6.86. The van der Waals surface area contributed by atoms with E-state index in [9.17, 15) is 0 Å². The first-order valence-electron chi connectivity index (χ1n) is 4.61. The molecule has 0 atom stereocenters. The van der Waals surface area contributed by atoms with Gasteiger partial charge in [0.2, 0.25) is 5.82 Å². The van der Waals surface area contributed by atoms with Crippen molar-refractivity contribution >= 4 is 6.01 Å². The minimum Gasteiger partial charge on any atom is -0.371 e. The average Bonchev–Trinajstić information content (AvgIpc) is 2.52. The van der Waals surface area contributed by atoms with Crippen molar-refractivity contribution in [3.63, 3.8) is 0 Å². The second-order valence-electron chi connectivity index (χ2n) is 3.94. The number of aromatic nitrogens is 2. The largest absolute Gasteiger partial charge is 0.371 e. The van der Waals surface area contributed by atoms with E-state index in [0.29, 0.717) is 11.8 Å². The molecular formula is C9H17N3O2. The lowest BCUT2D eigenvalue weighted by Crippen LogP contribution is -2.21. The maximum atomic E-state index is 5.23. The fourth-order valence-electron chi connectivity index (χ4n) is 0.865. The Morgan fingerprint density at radius 1 is 1.43 bits per heavy atom. The molecule has 14 heavy (non-hydrogen) atoms. The third kappa shape index (κ3) is 2.45. The number of hydrogen-bond acceptors (Lipinski definition) is 5. The van der Waals surface area contributed by atoms with Crippen molar-refractivity contribution in [2.75, 3.05) is 12.4 Å². The zero-order chi connectivity index (χ0) is 10.8. The SMILES string of the molecule is COC(C)(C)c1noc(NC(C)C)n1. The smallest absolute Gasteiger partial charge is 0.321 e. The Kier molecular flexibility index (Phi) is 3.10. The highest BCUT2D eigenvalue weighted by atomic mass is 16.5. The monoisotopic (exact) mass is 199 g/mol. The zero-order valence-electron chi connectivity index (χ0n) is 9.29. The van der Waals surface area contributed by atoms with Gasteiger partial charge in [-0.1, -0.05) is 5.16 Å². The third-order valence-electron chi connectivity index (χ3n) is 1.89. The summed E-state index contributed by atoms with van der Waals surface area (Å²) in [4.78, 5) is 4.18. The first-order valence-corrected chi connectivity index (χ1v) is 4.61. The molecule has 0 unspecified atom stereocenters. The van der Waals surface area contributed by atoms with Crippen LogP contribution in [-0.2, 0) is 10.3 Å². The minimum absolute atomic E-state index is 0.272. The minimum atomic E-state index is -0.513. The molecule has 5 nitrogen and oxygen atoms in total. The molecule has 5 heteroatoms. The van der Waals surface area contributed by atoms with Gasteiger partial charge in [0.05, 0.1) is 0 Å². The van der Waals surface area contributed by atoms with Gasteiger partial charge in [-0.2, -0.15) is 4.98 Å². The summed E-state index contributed by atoms with van der Waals surface area (Å²) in [6, 6.07) is 0.703. The summed E-state index contributed by atoms with van der Waals surface area (Å²) in [5.74, 6) is 0.545. The van der Waals surface area contributed by atoms with Crippen LogP contribution in [0.1, 0.15) is 33.5 Å². The summed E-state index contributed by atoms with van der Waals surface area (Å²) in [6.45, 7) is 7.78. The molecule has 1 aromatic heterocycles. The fourth-order valence-corrected chi connectivity index (χ4v) is 0.865. The van der Waals surface area contributed by atoms with E-state index in [2.05, 4.69) is 15.5 Å². The van der Waals surface area contributed by atoms with Crippen LogP contribution in [0.15, 0.2) is 4.52 Å². The van der Waals surface area contributed by atoms with Gasteiger partial charge in [-0.25, -0.2) is 0 Å². The van der Waals surface area contributed by atoms with Crippen molar-refractivity contribution in [2.24, 2.45) is 0 Å². The highest BCUT2D eigenvalue weighted by Crippen LogP contribution is 2.21. The van der Waals surface area contributed by atoms with Gasteiger partial charge in [0.15, 0.2) is 0 Å². The van der Waals surface area contributed by atoms with Crippen molar-refractivity contribution in [3.8, 4) is 0 Å². The van der Waals surface area contributed by atoms with Crippen LogP contribution in [0.4, 0.5) is 6.01 Å². The summed E-state index contributed by atoms with van der Waals surface area (Å²) < 4.78 is 10.2. The number of methoxy groups -OCH3 is 1. The van der Waals surface area contributed by atoms with E-state index in [1.165, 1.54) is 0 Å². The lowest BCUT2D eigenvalue weighted by atomic mass is 10.1. The van der Waals surface area contributed by atoms with Crippen LogP contribution in [0.25, 0.3) is 0 Å². The van der Waals surface area contributed by atoms with Gasteiger partial charge in [0.1, 0.15) is 5.60 Å². The normalized spacial score (nSPS) is 12.1. The number of ether oxygens (including phenoxy) is 1. The molecular weight excluding hydrogens is 182 g/mol. The Morgan fingerprint density at radius 3 is 2.57 bits per heavy atom. The molecule has 1 aromatic rings. The van der Waals surface area contributed by atoms with Crippen LogP contribution in [0.3, 0.4) is 0 Å². The quantitative estimate of drug-likeness (QED) is 0.800. The molecule has 1 rings (SSSR count). The third-order valence-corrected chi connectivity index (χ3v) is 1.89. The summed E-state index contributed by atoms with van der Waals surface area (Å²) >= 11 is 0. The van der Waals surface area contributed by atoms with E-state index in [0.717, 1.165) is 0 Å². The van der Waals surface area contributed by atoms with Gasteiger partial charge >= 0.3 is 6.01 Å². The zero-order valence-corrected chi connectivity index (χ0v) is 9.29. The number of rotatable bonds is 4. The molecule has 0 aliphatic rings. The standard InChI is InChI=1S/C9H17N3O2/c1-6(2)10-8-11-7(12-14-8)9(3,4)13-5/h6H,1-5H3,(H,10,11,12). The summed E-state index contributed by atoms with van der Waals surface area (Å²) in [5.41, 5.74) is -0.513. The molecule has 0 spiro atoms. The van der Waals surface area contributed by atoms with Crippen molar-refractivity contribution in [1.29, 1.82) is 0 Å². The van der Waals surface area contributed by atoms with Gasteiger partial charge in [0.25, 0.3) is 0 Å². The van der Waals surface area contributed by atoms with E-state index in [4.69, 9.17) is 9.26 Å². The van der Waals surface area contributed by atoms with Crippen molar-refractivity contribution < 1.29 is 9.26 Å². The number of hydrogen-bond donors (Lipinski definition) is 1. The Bertz CT molecular complexity index is 294. The van der Waals surface area contributed by atoms with E-state index in [-0.39, 0.29) is 6.04 Å². The first kappa shape index (κ1) is 11.0. The number of anilines is 1. The molecule has 0 saturated carbocycles. The maximum absolute atomic E-state index is 5.23. The molecule has 0 aliphatic carbocycles. The topological polar surface area (TPSA) is 60.2 Å². The maximum Gasteiger partial charge on any atom is 0.321 e. The van der Waals surface area contributed by atoms with Gasteiger partial charge in [-0.15, -0.1) is 0 Å². The van der Waals surface area contributed by atoms with Crippen molar-refractivity contribution in [1.82, 2.24) is 10.1 Å². The van der Waals surface area contributed by atoms with Crippen LogP contribution in [0.5, 0.6) is 0 Å². The molecule has 0 aliphatic heterocycles.